The van der Waals surface area contributed by atoms with Crippen molar-refractivity contribution in [2.75, 3.05) is 12.0 Å². The fourth-order valence-electron chi connectivity index (χ4n) is 3.34. The zero-order chi connectivity index (χ0) is 23.6. The minimum atomic E-state index is -1.10. The lowest BCUT2D eigenvalue weighted by molar-refractivity contribution is -0.137. The molecule has 2 aromatic carbocycles. The molecule has 0 aliphatic carbocycles. The maximum Gasteiger partial charge on any atom is 0.330 e. The van der Waals surface area contributed by atoms with Crippen molar-refractivity contribution in [3.05, 3.63) is 93.7 Å². The van der Waals surface area contributed by atoms with E-state index >= 15 is 0 Å². The van der Waals surface area contributed by atoms with Gasteiger partial charge in [0.2, 0.25) is 0 Å². The number of amides is 1. The van der Waals surface area contributed by atoms with Crippen molar-refractivity contribution in [3.63, 3.8) is 0 Å². The van der Waals surface area contributed by atoms with Gasteiger partial charge < -0.3 is 15.2 Å². The van der Waals surface area contributed by atoms with Crippen LogP contribution >= 0.6 is 23.1 Å². The van der Waals surface area contributed by atoms with E-state index in [9.17, 15) is 14.7 Å². The summed E-state index contributed by atoms with van der Waals surface area (Å²) in [5, 5.41) is 16.2. The predicted molar refractivity (Wildman–Crippen MR) is 136 cm³/mol. The number of ether oxygens (including phenoxy) is 1. The van der Waals surface area contributed by atoms with Gasteiger partial charge in [0.1, 0.15) is 6.04 Å². The summed E-state index contributed by atoms with van der Waals surface area (Å²) in [4.78, 5) is 24.8. The van der Waals surface area contributed by atoms with Gasteiger partial charge in [0, 0.05) is 11.3 Å². The number of thioether (sulfide) groups is 1. The minimum absolute atomic E-state index is 0.409. The highest BCUT2D eigenvalue weighted by Crippen LogP contribution is 2.28. The Hall–Kier alpha value is -2.87. The molecule has 0 fully saturated rings. The first-order valence-electron chi connectivity index (χ1n) is 10.5. The van der Waals surface area contributed by atoms with E-state index in [-0.39, 0.29) is 0 Å². The molecule has 0 spiro atoms. The maximum atomic E-state index is 13.1. The smallest absolute Gasteiger partial charge is 0.330 e. The molecule has 3 aromatic rings. The first-order valence-corrected chi connectivity index (χ1v) is 12.8. The largest absolute Gasteiger partial charge is 0.479 e. The van der Waals surface area contributed by atoms with Crippen molar-refractivity contribution in [1.29, 1.82) is 0 Å². The van der Waals surface area contributed by atoms with E-state index < -0.39 is 17.9 Å². The third-order valence-electron chi connectivity index (χ3n) is 5.03. The quantitative estimate of drug-likeness (QED) is 0.352. The highest BCUT2D eigenvalue weighted by molar-refractivity contribution is 7.98. The standard InChI is InChI=1S/C26H27NO4S2/c1-18-6-3-4-7-21(18)23-14-19(15-31-16-20-11-13-33-17-20)9-10-22(23)25(28)27-24(26(29)30)8-5-12-32-2/h3-11,13-14,17,24H,12,15-16H2,1-2H3,(H,27,28)(H,29,30)/b8-5+/t24-/m0/s1. The van der Waals surface area contributed by atoms with E-state index in [1.807, 2.05) is 61.0 Å². The zero-order valence-corrected chi connectivity index (χ0v) is 20.2. The van der Waals surface area contributed by atoms with Gasteiger partial charge in [-0.05, 0) is 70.0 Å². The molecule has 1 amide bonds. The number of hydrogen-bond donors (Lipinski definition) is 2. The summed E-state index contributed by atoms with van der Waals surface area (Å²) in [6.45, 7) is 2.92. The summed E-state index contributed by atoms with van der Waals surface area (Å²) >= 11 is 3.21. The van der Waals surface area contributed by atoms with Crippen molar-refractivity contribution >= 4 is 35.0 Å². The average molecular weight is 482 g/mol. The number of carbonyl (C=O) groups is 2. The molecule has 2 N–H and O–H groups in total. The van der Waals surface area contributed by atoms with Crippen LogP contribution in [0, 0.1) is 6.92 Å². The summed E-state index contributed by atoms with van der Waals surface area (Å²) in [6.07, 6.45) is 5.19. The van der Waals surface area contributed by atoms with Crippen molar-refractivity contribution in [1.82, 2.24) is 5.32 Å². The van der Waals surface area contributed by atoms with Crippen molar-refractivity contribution < 1.29 is 19.4 Å². The second-order valence-corrected chi connectivity index (χ2v) is 9.18. The lowest BCUT2D eigenvalue weighted by atomic mass is 9.93. The first kappa shape index (κ1) is 24.8. The third kappa shape index (κ3) is 7.05. The Morgan fingerprint density at radius 3 is 2.61 bits per heavy atom. The molecule has 0 radical (unpaired) electrons. The van der Waals surface area contributed by atoms with E-state index in [4.69, 9.17) is 4.74 Å². The molecule has 5 nitrogen and oxygen atoms in total. The Morgan fingerprint density at radius 1 is 1.12 bits per heavy atom. The van der Waals surface area contributed by atoms with Gasteiger partial charge in [-0.2, -0.15) is 23.1 Å². The molecular formula is C26H27NO4S2. The van der Waals surface area contributed by atoms with Crippen LogP contribution in [0.1, 0.15) is 27.0 Å². The molecule has 0 saturated carbocycles. The number of aryl methyl sites for hydroxylation is 1. The normalized spacial score (nSPS) is 12.1. The Bertz CT molecular complexity index is 1110. The third-order valence-corrected chi connectivity index (χ3v) is 6.28. The van der Waals surface area contributed by atoms with E-state index in [1.165, 1.54) is 6.08 Å². The fraction of sp³-hybridized carbons (Fsp3) is 0.231. The Morgan fingerprint density at radius 2 is 1.91 bits per heavy atom. The van der Waals surface area contributed by atoms with E-state index in [0.717, 1.165) is 27.8 Å². The highest BCUT2D eigenvalue weighted by atomic mass is 32.2. The first-order chi connectivity index (χ1) is 16.0. The Labute approximate surface area is 202 Å². The molecule has 0 unspecified atom stereocenters. The van der Waals surface area contributed by atoms with Gasteiger partial charge in [0.05, 0.1) is 13.2 Å². The van der Waals surface area contributed by atoms with Crippen LogP contribution < -0.4 is 5.32 Å². The number of rotatable bonds is 11. The van der Waals surface area contributed by atoms with Crippen LogP contribution in [0.4, 0.5) is 0 Å². The summed E-state index contributed by atoms with van der Waals surface area (Å²) in [5.41, 5.74) is 5.19. The van der Waals surface area contributed by atoms with Crippen LogP contribution in [0.25, 0.3) is 11.1 Å². The number of carbonyl (C=O) groups excluding carboxylic acids is 1. The van der Waals surface area contributed by atoms with Crippen molar-refractivity contribution in [2.45, 2.75) is 26.2 Å². The fourth-order valence-corrected chi connectivity index (χ4v) is 4.29. The van der Waals surface area contributed by atoms with Gasteiger partial charge in [-0.15, -0.1) is 0 Å². The Balaban J connectivity index is 1.87. The number of thiophene rings is 1. The average Bonchev–Trinajstić information content (AvgIpc) is 3.32. The molecule has 172 valence electrons. The number of carboxylic acids is 1. The summed E-state index contributed by atoms with van der Waals surface area (Å²) in [7, 11) is 0. The number of aliphatic carboxylic acids is 1. The second kappa shape index (κ2) is 12.4. The molecule has 1 aromatic heterocycles. The van der Waals surface area contributed by atoms with Gasteiger partial charge >= 0.3 is 5.97 Å². The molecule has 7 heteroatoms. The maximum absolute atomic E-state index is 13.1. The summed E-state index contributed by atoms with van der Waals surface area (Å²) in [5.74, 6) is -0.856. The molecule has 33 heavy (non-hydrogen) atoms. The molecule has 0 saturated heterocycles. The second-order valence-electron chi connectivity index (χ2n) is 7.49. The van der Waals surface area contributed by atoms with Crippen LogP contribution in [0.3, 0.4) is 0 Å². The number of nitrogens with one attached hydrogen (secondary N) is 1. The van der Waals surface area contributed by atoms with E-state index in [0.29, 0.717) is 24.5 Å². The van der Waals surface area contributed by atoms with Gasteiger partial charge in [-0.1, -0.05) is 42.5 Å². The van der Waals surface area contributed by atoms with Gasteiger partial charge in [0.15, 0.2) is 0 Å². The van der Waals surface area contributed by atoms with Crippen LogP contribution in [0.5, 0.6) is 0 Å². The van der Waals surface area contributed by atoms with Crippen LogP contribution in [-0.2, 0) is 22.7 Å². The zero-order valence-electron chi connectivity index (χ0n) is 18.6. The van der Waals surface area contributed by atoms with Gasteiger partial charge in [-0.3, -0.25) is 4.79 Å². The molecule has 0 bridgehead atoms. The molecule has 3 rings (SSSR count). The van der Waals surface area contributed by atoms with Gasteiger partial charge in [0.25, 0.3) is 5.91 Å². The predicted octanol–water partition coefficient (Wildman–Crippen LogP) is 5.54. The number of carboxylic acid groups (broad SMARTS) is 1. The lowest BCUT2D eigenvalue weighted by Gasteiger charge is -2.16. The number of hydrogen-bond acceptors (Lipinski definition) is 5. The summed E-state index contributed by atoms with van der Waals surface area (Å²) < 4.78 is 5.85. The molecular weight excluding hydrogens is 454 g/mol. The van der Waals surface area contributed by atoms with E-state index in [2.05, 4.69) is 10.7 Å². The minimum Gasteiger partial charge on any atom is -0.479 e. The lowest BCUT2D eigenvalue weighted by Crippen LogP contribution is -2.39. The van der Waals surface area contributed by atoms with Gasteiger partial charge in [-0.25, -0.2) is 4.79 Å². The molecule has 1 heterocycles. The summed E-state index contributed by atoms with van der Waals surface area (Å²) in [6, 6.07) is 14.3. The SMILES string of the molecule is CSC/C=C/[C@H](NC(=O)c1ccc(COCc2ccsc2)cc1-c1ccccc1C)C(=O)O. The van der Waals surface area contributed by atoms with Crippen molar-refractivity contribution in [2.24, 2.45) is 0 Å². The van der Waals surface area contributed by atoms with E-state index in [1.54, 1.807) is 35.2 Å². The molecule has 1 atom stereocenters. The van der Waals surface area contributed by atoms with Crippen LogP contribution in [0.2, 0.25) is 0 Å². The number of benzene rings is 2. The van der Waals surface area contributed by atoms with Crippen LogP contribution in [0.15, 0.2) is 71.4 Å². The highest BCUT2D eigenvalue weighted by Gasteiger charge is 2.21. The Kier molecular flexibility index (Phi) is 9.30. The molecule has 0 aliphatic heterocycles. The monoisotopic (exact) mass is 481 g/mol. The molecule has 0 aliphatic rings. The topological polar surface area (TPSA) is 75.6 Å². The van der Waals surface area contributed by atoms with Crippen molar-refractivity contribution in [3.8, 4) is 11.1 Å². The van der Waals surface area contributed by atoms with Crippen LogP contribution in [-0.4, -0.2) is 35.0 Å².